The van der Waals surface area contributed by atoms with Gasteiger partial charge in [0.1, 0.15) is 11.6 Å². The van der Waals surface area contributed by atoms with E-state index < -0.39 is 5.41 Å². The molecule has 0 bridgehead atoms. The second-order valence-corrected chi connectivity index (χ2v) is 6.54. The second-order valence-electron chi connectivity index (χ2n) is 6.54. The van der Waals surface area contributed by atoms with Crippen LogP contribution in [0.2, 0.25) is 0 Å². The lowest BCUT2D eigenvalue weighted by Gasteiger charge is -2.25. The van der Waals surface area contributed by atoms with Gasteiger partial charge in [0, 0.05) is 22.2 Å². The summed E-state index contributed by atoms with van der Waals surface area (Å²) in [5, 5.41) is 10.5. The van der Waals surface area contributed by atoms with Gasteiger partial charge in [-0.15, -0.1) is 0 Å². The summed E-state index contributed by atoms with van der Waals surface area (Å²) in [6, 6.07) is 11.4. The van der Waals surface area contributed by atoms with Crippen molar-refractivity contribution in [2.75, 3.05) is 6.61 Å². The predicted octanol–water partition coefficient (Wildman–Crippen LogP) is 4.49. The molecule has 23 heavy (non-hydrogen) atoms. The highest BCUT2D eigenvalue weighted by Gasteiger charge is 2.26. The van der Waals surface area contributed by atoms with Crippen LogP contribution < -0.4 is 0 Å². The molecule has 0 amide bonds. The summed E-state index contributed by atoms with van der Waals surface area (Å²) < 4.78 is 29.1. The Balaban J connectivity index is 2.36. The number of benzene rings is 2. The van der Waals surface area contributed by atoms with E-state index in [1.54, 1.807) is 25.1 Å². The molecule has 3 aromatic rings. The van der Waals surface area contributed by atoms with Crippen molar-refractivity contribution in [3.8, 4) is 5.69 Å². The van der Waals surface area contributed by atoms with E-state index in [-0.39, 0.29) is 18.2 Å². The summed E-state index contributed by atoms with van der Waals surface area (Å²) in [6.07, 6.45) is 0. The van der Waals surface area contributed by atoms with Gasteiger partial charge in [-0.05, 0) is 55.0 Å². The number of fused-ring (bicyclic) bond motifs is 1. The molecule has 3 rings (SSSR count). The molecule has 0 fully saturated rings. The largest absolute Gasteiger partial charge is 0.395 e. The van der Waals surface area contributed by atoms with E-state index in [1.165, 1.54) is 18.2 Å². The summed E-state index contributed by atoms with van der Waals surface area (Å²) >= 11 is 0. The molecule has 0 spiro atoms. The summed E-state index contributed by atoms with van der Waals surface area (Å²) in [7, 11) is 0. The van der Waals surface area contributed by atoms with Crippen LogP contribution in [0.3, 0.4) is 0 Å². The summed E-state index contributed by atoms with van der Waals surface area (Å²) in [5.74, 6) is -0.572. The van der Waals surface area contributed by atoms with Gasteiger partial charge in [-0.25, -0.2) is 8.78 Å². The van der Waals surface area contributed by atoms with E-state index in [9.17, 15) is 13.9 Å². The Morgan fingerprint density at radius 1 is 1.04 bits per heavy atom. The van der Waals surface area contributed by atoms with E-state index in [0.717, 1.165) is 22.3 Å². The zero-order valence-electron chi connectivity index (χ0n) is 13.4. The molecule has 0 aliphatic rings. The fourth-order valence-corrected chi connectivity index (χ4v) is 2.81. The van der Waals surface area contributed by atoms with Gasteiger partial charge in [-0.3, -0.25) is 0 Å². The molecular weight excluding hydrogens is 296 g/mol. The van der Waals surface area contributed by atoms with E-state index in [0.29, 0.717) is 5.56 Å². The third kappa shape index (κ3) is 2.63. The number of aliphatic hydroxyl groups excluding tert-OH is 1. The number of aromatic nitrogens is 1. The first-order valence-electron chi connectivity index (χ1n) is 7.52. The molecule has 1 N–H and O–H groups in total. The molecule has 2 aromatic carbocycles. The van der Waals surface area contributed by atoms with Gasteiger partial charge in [0.15, 0.2) is 0 Å². The molecule has 1 heterocycles. The van der Waals surface area contributed by atoms with Crippen LogP contribution in [-0.2, 0) is 5.41 Å². The molecule has 120 valence electrons. The van der Waals surface area contributed by atoms with Gasteiger partial charge >= 0.3 is 0 Å². The topological polar surface area (TPSA) is 25.2 Å². The summed E-state index contributed by atoms with van der Waals surface area (Å²) in [6.45, 7) is 5.50. The molecule has 0 aliphatic carbocycles. The molecule has 4 heteroatoms. The number of halogens is 2. The van der Waals surface area contributed by atoms with Crippen LogP contribution in [0.4, 0.5) is 8.78 Å². The van der Waals surface area contributed by atoms with E-state index in [1.807, 2.05) is 24.5 Å². The van der Waals surface area contributed by atoms with Crippen molar-refractivity contribution in [3.63, 3.8) is 0 Å². The van der Waals surface area contributed by atoms with Crippen molar-refractivity contribution in [3.05, 3.63) is 65.4 Å². The molecule has 0 saturated carbocycles. The van der Waals surface area contributed by atoms with Crippen LogP contribution in [0.15, 0.2) is 42.5 Å². The Morgan fingerprint density at radius 3 is 2.43 bits per heavy atom. The van der Waals surface area contributed by atoms with Crippen LogP contribution in [0.5, 0.6) is 0 Å². The standard InChI is InChI=1S/C19H19F2NO/c1-12-8-15(5-6-16(12)21)22-17-7-4-14(20)9-13(17)10-18(22)19(2,3)11-23/h4-10,23H,11H2,1-3H3. The van der Waals surface area contributed by atoms with Crippen LogP contribution >= 0.6 is 0 Å². The third-order valence-corrected chi connectivity index (χ3v) is 4.25. The third-order valence-electron chi connectivity index (χ3n) is 4.25. The number of hydrogen-bond donors (Lipinski definition) is 1. The first-order chi connectivity index (χ1) is 10.8. The van der Waals surface area contributed by atoms with Gasteiger partial charge < -0.3 is 9.67 Å². The Kier molecular flexibility index (Phi) is 3.72. The Morgan fingerprint density at radius 2 is 1.78 bits per heavy atom. The van der Waals surface area contributed by atoms with Crippen LogP contribution in [-0.4, -0.2) is 16.3 Å². The number of hydrogen-bond acceptors (Lipinski definition) is 1. The number of aliphatic hydroxyl groups is 1. The SMILES string of the molecule is Cc1cc(-n2c(C(C)(C)CO)cc3cc(F)ccc32)ccc1F. The zero-order chi connectivity index (χ0) is 16.8. The quantitative estimate of drug-likeness (QED) is 0.757. The van der Waals surface area contributed by atoms with Gasteiger partial charge in [0.25, 0.3) is 0 Å². The van der Waals surface area contributed by atoms with Crippen molar-refractivity contribution in [2.24, 2.45) is 0 Å². The van der Waals surface area contributed by atoms with E-state index >= 15 is 0 Å². The molecule has 1 aromatic heterocycles. The van der Waals surface area contributed by atoms with Gasteiger partial charge in [-0.2, -0.15) is 0 Å². The molecule has 0 saturated heterocycles. The highest BCUT2D eigenvalue weighted by molar-refractivity contribution is 5.84. The summed E-state index contributed by atoms with van der Waals surface area (Å²) in [4.78, 5) is 0. The minimum Gasteiger partial charge on any atom is -0.395 e. The fourth-order valence-electron chi connectivity index (χ4n) is 2.81. The maximum absolute atomic E-state index is 13.6. The van der Waals surface area contributed by atoms with Crippen LogP contribution in [0, 0.1) is 18.6 Å². The van der Waals surface area contributed by atoms with Gasteiger partial charge in [0.05, 0.1) is 12.1 Å². The Labute approximate surface area is 134 Å². The van der Waals surface area contributed by atoms with Crippen molar-refractivity contribution in [1.29, 1.82) is 0 Å². The lowest BCUT2D eigenvalue weighted by atomic mass is 9.90. The average Bonchev–Trinajstić information content (AvgIpc) is 2.89. The first kappa shape index (κ1) is 15.7. The minimum absolute atomic E-state index is 0.0496. The maximum atomic E-state index is 13.6. The highest BCUT2D eigenvalue weighted by Crippen LogP contribution is 2.33. The number of nitrogens with zero attached hydrogens (tertiary/aromatic N) is 1. The smallest absolute Gasteiger partial charge is 0.126 e. The normalized spacial score (nSPS) is 12.1. The molecule has 0 atom stereocenters. The van der Waals surface area contributed by atoms with Crippen molar-refractivity contribution < 1.29 is 13.9 Å². The predicted molar refractivity (Wildman–Crippen MR) is 88.0 cm³/mol. The Hall–Kier alpha value is -2.20. The molecular formula is C19H19F2NO. The van der Waals surface area contributed by atoms with Crippen molar-refractivity contribution >= 4 is 10.9 Å². The average molecular weight is 315 g/mol. The lowest BCUT2D eigenvalue weighted by Crippen LogP contribution is -2.25. The van der Waals surface area contributed by atoms with E-state index in [2.05, 4.69) is 0 Å². The van der Waals surface area contributed by atoms with Crippen LogP contribution in [0.1, 0.15) is 25.1 Å². The number of rotatable bonds is 3. The van der Waals surface area contributed by atoms with Gasteiger partial charge in [-0.1, -0.05) is 13.8 Å². The molecule has 0 radical (unpaired) electrons. The van der Waals surface area contributed by atoms with Gasteiger partial charge in [0.2, 0.25) is 0 Å². The number of aryl methyl sites for hydroxylation is 1. The van der Waals surface area contributed by atoms with Crippen molar-refractivity contribution in [1.82, 2.24) is 4.57 Å². The molecule has 0 aliphatic heterocycles. The van der Waals surface area contributed by atoms with Crippen LogP contribution in [0.25, 0.3) is 16.6 Å². The fraction of sp³-hybridized carbons (Fsp3) is 0.263. The Bertz CT molecular complexity index is 880. The highest BCUT2D eigenvalue weighted by atomic mass is 19.1. The monoisotopic (exact) mass is 315 g/mol. The van der Waals surface area contributed by atoms with E-state index in [4.69, 9.17) is 0 Å². The minimum atomic E-state index is -0.516. The van der Waals surface area contributed by atoms with Crippen molar-refractivity contribution in [2.45, 2.75) is 26.2 Å². The first-order valence-corrected chi connectivity index (χ1v) is 7.52. The molecule has 0 unspecified atom stereocenters. The maximum Gasteiger partial charge on any atom is 0.126 e. The molecule has 2 nitrogen and oxygen atoms in total. The zero-order valence-corrected chi connectivity index (χ0v) is 13.4. The second kappa shape index (κ2) is 5.46. The summed E-state index contributed by atoms with van der Waals surface area (Å²) in [5.41, 5.74) is 2.50. The lowest BCUT2D eigenvalue weighted by molar-refractivity contribution is 0.214.